The molecule has 0 aliphatic rings. The van der Waals surface area contributed by atoms with Crippen LogP contribution in [-0.4, -0.2) is 35.7 Å². The summed E-state index contributed by atoms with van der Waals surface area (Å²) in [6.07, 6.45) is 1.54. The Morgan fingerprint density at radius 1 is 1.08 bits per heavy atom. The molecule has 0 spiro atoms. The summed E-state index contributed by atoms with van der Waals surface area (Å²) in [6.45, 7) is 6.54. The highest BCUT2D eigenvalue weighted by atomic mass is 32.2. The third kappa shape index (κ3) is 5.46. The summed E-state index contributed by atoms with van der Waals surface area (Å²) in [6, 6.07) is 9.99. The minimum Gasteiger partial charge on any atom is -0.481 e. The minimum atomic E-state index is -0.280. The van der Waals surface area contributed by atoms with Gasteiger partial charge in [0.25, 0.3) is 0 Å². The quantitative estimate of drug-likeness (QED) is 0.426. The maximum Gasteiger partial charge on any atom is 0.220 e. The largest absolute Gasteiger partial charge is 0.481 e. The lowest BCUT2D eigenvalue weighted by atomic mass is 9.86. The zero-order valence-electron chi connectivity index (χ0n) is 15.3. The number of hydrogen-bond acceptors (Lipinski definition) is 6. The molecule has 25 heavy (non-hydrogen) atoms. The first-order chi connectivity index (χ1) is 11.9. The van der Waals surface area contributed by atoms with Gasteiger partial charge in [-0.1, -0.05) is 56.8 Å². The Kier molecular flexibility index (Phi) is 6.42. The van der Waals surface area contributed by atoms with E-state index in [1.165, 1.54) is 31.5 Å². The number of benzene rings is 1. The summed E-state index contributed by atoms with van der Waals surface area (Å²) >= 11 is 1.30. The van der Waals surface area contributed by atoms with Crippen LogP contribution in [0.5, 0.6) is 11.8 Å². The van der Waals surface area contributed by atoms with Crippen LogP contribution < -0.4 is 9.47 Å². The highest BCUT2D eigenvalue weighted by molar-refractivity contribution is 8.00. The lowest BCUT2D eigenvalue weighted by Gasteiger charge is -2.19. The van der Waals surface area contributed by atoms with Crippen LogP contribution in [0.2, 0.25) is 0 Å². The molecule has 0 aliphatic heterocycles. The summed E-state index contributed by atoms with van der Waals surface area (Å²) in [7, 11) is 3.06. The number of hydrogen-bond donors (Lipinski definition) is 0. The van der Waals surface area contributed by atoms with Crippen molar-refractivity contribution in [1.82, 2.24) is 9.97 Å². The lowest BCUT2D eigenvalue weighted by Crippen LogP contribution is -2.12. The van der Waals surface area contributed by atoms with Crippen molar-refractivity contribution < 1.29 is 14.3 Å². The van der Waals surface area contributed by atoms with Gasteiger partial charge in [-0.05, 0) is 23.0 Å². The van der Waals surface area contributed by atoms with Crippen LogP contribution in [0.15, 0.2) is 35.5 Å². The molecule has 2 rings (SSSR count). The van der Waals surface area contributed by atoms with Crippen molar-refractivity contribution in [1.29, 1.82) is 0 Å². The van der Waals surface area contributed by atoms with Gasteiger partial charge in [0.2, 0.25) is 11.8 Å². The molecule has 134 valence electrons. The fourth-order valence-corrected chi connectivity index (χ4v) is 3.16. The first kappa shape index (κ1) is 19.2. The monoisotopic (exact) mass is 360 g/mol. The van der Waals surface area contributed by atoms with E-state index in [4.69, 9.17) is 9.47 Å². The summed E-state index contributed by atoms with van der Waals surface area (Å²) in [5, 5.41) is 0.178. The molecular weight excluding hydrogens is 336 g/mol. The van der Waals surface area contributed by atoms with E-state index >= 15 is 0 Å². The second-order valence-corrected chi connectivity index (χ2v) is 7.89. The second kappa shape index (κ2) is 8.34. The number of carbonyl (C=O) groups excluding carboxylic acids is 1. The molecule has 0 bridgehead atoms. The van der Waals surface area contributed by atoms with Crippen LogP contribution in [0, 0.1) is 0 Å². The zero-order chi connectivity index (χ0) is 18.4. The van der Waals surface area contributed by atoms with Crippen molar-refractivity contribution in [2.75, 3.05) is 14.2 Å². The van der Waals surface area contributed by atoms with Gasteiger partial charge < -0.3 is 14.3 Å². The molecule has 2 aromatic rings. The van der Waals surface area contributed by atoms with E-state index in [1.54, 1.807) is 6.07 Å². The Morgan fingerprint density at radius 3 is 2.08 bits per heavy atom. The molecule has 1 aromatic heterocycles. The number of aldehydes is 1. The van der Waals surface area contributed by atoms with Gasteiger partial charge in [0.05, 0.1) is 25.5 Å². The van der Waals surface area contributed by atoms with E-state index in [2.05, 4.69) is 55.0 Å². The first-order valence-electron chi connectivity index (χ1n) is 8.04. The Bertz CT molecular complexity index is 689. The molecule has 0 fully saturated rings. The summed E-state index contributed by atoms with van der Waals surface area (Å²) in [4.78, 5) is 20.0. The van der Waals surface area contributed by atoms with E-state index in [-0.39, 0.29) is 10.7 Å². The van der Waals surface area contributed by atoms with Gasteiger partial charge in [-0.3, -0.25) is 0 Å². The summed E-state index contributed by atoms with van der Waals surface area (Å²) < 4.78 is 10.3. The highest BCUT2D eigenvalue weighted by Crippen LogP contribution is 2.27. The van der Waals surface area contributed by atoms with Gasteiger partial charge in [-0.25, -0.2) is 0 Å². The predicted octanol–water partition coefficient (Wildman–Crippen LogP) is 3.69. The molecule has 1 unspecified atom stereocenters. The minimum absolute atomic E-state index is 0.113. The fraction of sp³-hybridized carbons (Fsp3) is 0.421. The van der Waals surface area contributed by atoms with Crippen molar-refractivity contribution >= 4 is 18.0 Å². The average Bonchev–Trinajstić information content (AvgIpc) is 2.60. The Morgan fingerprint density at radius 2 is 1.64 bits per heavy atom. The number of rotatable bonds is 7. The molecule has 0 radical (unpaired) electrons. The maximum absolute atomic E-state index is 11.5. The number of methoxy groups -OCH3 is 2. The highest BCUT2D eigenvalue weighted by Gasteiger charge is 2.16. The van der Waals surface area contributed by atoms with Crippen LogP contribution in [0.1, 0.15) is 31.9 Å². The maximum atomic E-state index is 11.5. The fourth-order valence-electron chi connectivity index (χ4n) is 2.27. The molecule has 0 N–H and O–H groups in total. The average molecular weight is 360 g/mol. The Labute approximate surface area is 153 Å². The summed E-state index contributed by atoms with van der Waals surface area (Å²) in [5.74, 6) is 0.821. The molecule has 0 amide bonds. The van der Waals surface area contributed by atoms with E-state index in [0.717, 1.165) is 11.8 Å². The molecule has 1 heterocycles. The van der Waals surface area contributed by atoms with E-state index in [9.17, 15) is 4.79 Å². The Hall–Kier alpha value is -2.08. The summed E-state index contributed by atoms with van der Waals surface area (Å²) in [5.41, 5.74) is 2.49. The second-order valence-electron chi connectivity index (χ2n) is 6.68. The molecule has 5 nitrogen and oxygen atoms in total. The van der Waals surface area contributed by atoms with Crippen molar-refractivity contribution in [2.45, 2.75) is 43.0 Å². The van der Waals surface area contributed by atoms with Crippen LogP contribution >= 0.6 is 11.8 Å². The van der Waals surface area contributed by atoms with Gasteiger partial charge in [-0.15, -0.1) is 0 Å². The normalized spacial score (nSPS) is 12.5. The number of aromatic nitrogens is 2. The van der Waals surface area contributed by atoms with Gasteiger partial charge in [0.1, 0.15) is 6.29 Å². The van der Waals surface area contributed by atoms with Crippen LogP contribution in [-0.2, 0) is 16.6 Å². The van der Waals surface area contributed by atoms with E-state index in [1.807, 2.05) is 0 Å². The van der Waals surface area contributed by atoms with Crippen LogP contribution in [0.3, 0.4) is 0 Å². The van der Waals surface area contributed by atoms with Crippen molar-refractivity contribution in [3.05, 3.63) is 41.5 Å². The number of ether oxygens (including phenoxy) is 2. The number of thioether (sulfide) groups is 1. The lowest BCUT2D eigenvalue weighted by molar-refractivity contribution is -0.107. The predicted molar refractivity (Wildman–Crippen MR) is 99.7 cm³/mol. The number of carbonyl (C=O) groups is 1. The third-order valence-corrected chi connectivity index (χ3v) is 4.72. The topological polar surface area (TPSA) is 61.3 Å². The molecule has 0 saturated heterocycles. The van der Waals surface area contributed by atoms with Crippen molar-refractivity contribution in [3.8, 4) is 11.8 Å². The molecular formula is C19H24N2O3S. The first-order valence-corrected chi connectivity index (χ1v) is 8.92. The van der Waals surface area contributed by atoms with Crippen LogP contribution in [0.25, 0.3) is 0 Å². The SMILES string of the molecule is COc1cc(OC)nc(SC(C=O)Cc2ccc(C(C)(C)C)cc2)n1. The third-order valence-electron chi connectivity index (χ3n) is 3.74. The van der Waals surface area contributed by atoms with Crippen LogP contribution in [0.4, 0.5) is 0 Å². The van der Waals surface area contributed by atoms with Gasteiger partial charge in [-0.2, -0.15) is 9.97 Å². The van der Waals surface area contributed by atoms with Gasteiger partial charge in [0.15, 0.2) is 5.16 Å². The smallest absolute Gasteiger partial charge is 0.220 e. The molecule has 1 aromatic carbocycles. The van der Waals surface area contributed by atoms with Gasteiger partial charge in [0, 0.05) is 0 Å². The van der Waals surface area contributed by atoms with Crippen molar-refractivity contribution in [2.24, 2.45) is 0 Å². The van der Waals surface area contributed by atoms with E-state index in [0.29, 0.717) is 23.3 Å². The van der Waals surface area contributed by atoms with Gasteiger partial charge >= 0.3 is 0 Å². The Balaban J connectivity index is 2.11. The molecule has 0 saturated carbocycles. The molecule has 1 atom stereocenters. The van der Waals surface area contributed by atoms with E-state index < -0.39 is 0 Å². The zero-order valence-corrected chi connectivity index (χ0v) is 16.1. The van der Waals surface area contributed by atoms with Crippen molar-refractivity contribution in [3.63, 3.8) is 0 Å². The standard InChI is InChI=1S/C19H24N2O3S/c1-19(2,3)14-8-6-13(7-9-14)10-15(12-22)25-18-20-16(23-4)11-17(21-18)24-5/h6-9,11-12,15H,10H2,1-5H3. The number of nitrogens with zero attached hydrogens (tertiary/aromatic N) is 2. The molecule has 6 heteroatoms. The molecule has 0 aliphatic carbocycles.